The van der Waals surface area contributed by atoms with Crippen LogP contribution in [0.3, 0.4) is 0 Å². The van der Waals surface area contributed by atoms with Crippen molar-refractivity contribution in [3.63, 3.8) is 0 Å². The van der Waals surface area contributed by atoms with E-state index in [1.165, 1.54) is 19.3 Å². The third-order valence-electron chi connectivity index (χ3n) is 5.63. The van der Waals surface area contributed by atoms with Crippen molar-refractivity contribution in [2.75, 3.05) is 32.8 Å². The van der Waals surface area contributed by atoms with Crippen LogP contribution in [0.15, 0.2) is 37.1 Å². The fraction of sp³-hybridized carbons (Fsp3) is 0.650. The summed E-state index contributed by atoms with van der Waals surface area (Å²) in [5.74, 6) is 3.79. The number of carbonyl (C=O) groups excluding carboxylic acids is 1. The lowest BCUT2D eigenvalue weighted by Crippen LogP contribution is -2.37. The van der Waals surface area contributed by atoms with Crippen LogP contribution in [0.25, 0.3) is 0 Å². The Bertz CT molecular complexity index is 489. The van der Waals surface area contributed by atoms with Crippen molar-refractivity contribution in [1.29, 1.82) is 0 Å². The van der Waals surface area contributed by atoms with E-state index in [-0.39, 0.29) is 5.91 Å². The third-order valence-corrected chi connectivity index (χ3v) is 5.63. The van der Waals surface area contributed by atoms with Gasteiger partial charge in [0.2, 0.25) is 5.91 Å². The highest BCUT2D eigenvalue weighted by atomic mass is 16.5. The highest BCUT2D eigenvalue weighted by molar-refractivity contribution is 5.76. The number of rotatable bonds is 12. The minimum Gasteiger partial charge on any atom is -0.492 e. The summed E-state index contributed by atoms with van der Waals surface area (Å²) in [5, 5.41) is 6.33. The van der Waals surface area contributed by atoms with Crippen LogP contribution in [-0.2, 0) is 9.53 Å². The number of hydrogen-bond acceptors (Lipinski definition) is 4. The van der Waals surface area contributed by atoms with Crippen LogP contribution < -0.4 is 16.4 Å². The predicted molar refractivity (Wildman–Crippen MR) is 102 cm³/mol. The van der Waals surface area contributed by atoms with Gasteiger partial charge in [-0.2, -0.15) is 0 Å². The zero-order valence-corrected chi connectivity index (χ0v) is 15.2. The molecule has 0 saturated heterocycles. The molecule has 0 spiro atoms. The lowest BCUT2D eigenvalue weighted by Gasteiger charge is -2.30. The van der Waals surface area contributed by atoms with Crippen molar-refractivity contribution in [2.45, 2.75) is 25.7 Å². The molecule has 2 rings (SSSR count). The second kappa shape index (κ2) is 10.4. The molecule has 5 nitrogen and oxygen atoms in total. The Morgan fingerprint density at radius 3 is 2.64 bits per heavy atom. The van der Waals surface area contributed by atoms with E-state index >= 15 is 0 Å². The Hall–Kier alpha value is -1.59. The summed E-state index contributed by atoms with van der Waals surface area (Å²) in [6.45, 7) is 10.7. The van der Waals surface area contributed by atoms with Crippen molar-refractivity contribution >= 4 is 5.91 Å². The standard InChI is InChI=1S/C20H33N3O2/c1-3-5-17(4-2)25-11-10-23-20(24)8-9-22-14-19-16-7-6-15(12-16)18(19)13-21/h3-5,15-16,18-19,22H,1-2,6-14,21H2,(H,23,24)/b17-5+. The molecule has 1 amide bonds. The summed E-state index contributed by atoms with van der Waals surface area (Å²) < 4.78 is 5.46. The molecule has 2 aliphatic rings. The summed E-state index contributed by atoms with van der Waals surface area (Å²) in [6, 6.07) is 0. The minimum absolute atomic E-state index is 0.0484. The molecule has 25 heavy (non-hydrogen) atoms. The summed E-state index contributed by atoms with van der Waals surface area (Å²) in [7, 11) is 0. The van der Waals surface area contributed by atoms with Gasteiger partial charge in [-0.3, -0.25) is 4.79 Å². The third kappa shape index (κ3) is 5.72. The maximum absolute atomic E-state index is 11.8. The molecule has 0 aromatic rings. The number of hydrogen-bond donors (Lipinski definition) is 3. The second-order valence-corrected chi connectivity index (χ2v) is 7.06. The molecule has 140 valence electrons. The maximum atomic E-state index is 11.8. The van der Waals surface area contributed by atoms with Crippen LogP contribution in [0.5, 0.6) is 0 Å². The van der Waals surface area contributed by atoms with Gasteiger partial charge in [-0.1, -0.05) is 19.2 Å². The molecule has 4 atom stereocenters. The molecule has 5 heteroatoms. The Morgan fingerprint density at radius 2 is 1.96 bits per heavy atom. The Morgan fingerprint density at radius 1 is 1.20 bits per heavy atom. The highest BCUT2D eigenvalue weighted by Gasteiger charge is 2.46. The van der Waals surface area contributed by atoms with E-state index in [2.05, 4.69) is 23.8 Å². The van der Waals surface area contributed by atoms with Crippen LogP contribution in [0, 0.1) is 23.7 Å². The van der Waals surface area contributed by atoms with E-state index in [4.69, 9.17) is 10.5 Å². The van der Waals surface area contributed by atoms with Gasteiger partial charge in [0.15, 0.2) is 0 Å². The number of allylic oxidation sites excluding steroid dienone is 3. The van der Waals surface area contributed by atoms with Gasteiger partial charge in [0.05, 0.1) is 6.54 Å². The Kier molecular flexibility index (Phi) is 8.22. The normalized spacial score (nSPS) is 28.0. The van der Waals surface area contributed by atoms with E-state index in [0.717, 1.165) is 24.9 Å². The largest absolute Gasteiger partial charge is 0.492 e. The summed E-state index contributed by atoms with van der Waals surface area (Å²) in [6.07, 6.45) is 9.59. The topological polar surface area (TPSA) is 76.4 Å². The van der Waals surface area contributed by atoms with Gasteiger partial charge in [-0.25, -0.2) is 0 Å². The first-order chi connectivity index (χ1) is 12.2. The van der Waals surface area contributed by atoms with Crippen LogP contribution in [0.1, 0.15) is 25.7 Å². The Labute approximate surface area is 151 Å². The molecule has 2 bridgehead atoms. The van der Waals surface area contributed by atoms with Crippen LogP contribution in [-0.4, -0.2) is 38.7 Å². The monoisotopic (exact) mass is 347 g/mol. The van der Waals surface area contributed by atoms with Gasteiger partial charge in [-0.05, 0) is 68.2 Å². The fourth-order valence-corrected chi connectivity index (χ4v) is 4.42. The average molecular weight is 348 g/mol. The number of ether oxygens (including phenoxy) is 1. The second-order valence-electron chi connectivity index (χ2n) is 7.06. The lowest BCUT2D eigenvalue weighted by atomic mass is 9.79. The van der Waals surface area contributed by atoms with Gasteiger partial charge < -0.3 is 21.1 Å². The van der Waals surface area contributed by atoms with E-state index in [0.29, 0.717) is 43.7 Å². The summed E-state index contributed by atoms with van der Waals surface area (Å²) in [4.78, 5) is 11.8. The molecule has 0 aromatic heterocycles. The molecule has 4 unspecified atom stereocenters. The first-order valence-electron chi connectivity index (χ1n) is 9.45. The van der Waals surface area contributed by atoms with Gasteiger partial charge in [0.25, 0.3) is 0 Å². The Balaban J connectivity index is 1.53. The van der Waals surface area contributed by atoms with Crippen molar-refractivity contribution in [1.82, 2.24) is 10.6 Å². The summed E-state index contributed by atoms with van der Waals surface area (Å²) in [5.41, 5.74) is 5.96. The number of nitrogens with two attached hydrogens (primary N) is 1. The first-order valence-corrected chi connectivity index (χ1v) is 9.45. The van der Waals surface area contributed by atoms with Crippen LogP contribution in [0.2, 0.25) is 0 Å². The molecule has 0 aliphatic heterocycles. The molecule has 0 aromatic carbocycles. The van der Waals surface area contributed by atoms with Crippen LogP contribution in [0.4, 0.5) is 0 Å². The minimum atomic E-state index is 0.0484. The molecular weight excluding hydrogens is 314 g/mol. The SMILES string of the molecule is C=C/C=C(\C=C)OCCNC(=O)CCNCC1C2CCC(C2)C1CN. The van der Waals surface area contributed by atoms with E-state index in [1.54, 1.807) is 18.2 Å². The molecule has 0 radical (unpaired) electrons. The molecule has 2 aliphatic carbocycles. The van der Waals surface area contributed by atoms with E-state index in [9.17, 15) is 4.79 Å². The molecule has 2 saturated carbocycles. The quantitative estimate of drug-likeness (QED) is 0.287. The first kappa shape index (κ1) is 19.7. The fourth-order valence-electron chi connectivity index (χ4n) is 4.42. The molecule has 0 heterocycles. The molecule has 2 fully saturated rings. The van der Waals surface area contributed by atoms with Crippen molar-refractivity contribution in [3.8, 4) is 0 Å². The summed E-state index contributed by atoms with van der Waals surface area (Å²) >= 11 is 0. The number of nitrogens with one attached hydrogen (secondary N) is 2. The number of amides is 1. The predicted octanol–water partition coefficient (Wildman–Crippen LogP) is 1.98. The zero-order chi connectivity index (χ0) is 18.1. The van der Waals surface area contributed by atoms with Gasteiger partial charge in [0, 0.05) is 13.0 Å². The molecule has 4 N–H and O–H groups in total. The van der Waals surface area contributed by atoms with Crippen molar-refractivity contribution in [3.05, 3.63) is 37.1 Å². The molecular formula is C20H33N3O2. The average Bonchev–Trinajstić information content (AvgIpc) is 3.22. The maximum Gasteiger partial charge on any atom is 0.221 e. The lowest BCUT2D eigenvalue weighted by molar-refractivity contribution is -0.121. The van der Waals surface area contributed by atoms with Gasteiger partial charge in [0.1, 0.15) is 12.4 Å². The van der Waals surface area contributed by atoms with Gasteiger partial charge >= 0.3 is 0 Å². The number of carbonyl (C=O) groups is 1. The van der Waals surface area contributed by atoms with Crippen molar-refractivity contribution < 1.29 is 9.53 Å². The zero-order valence-electron chi connectivity index (χ0n) is 15.2. The van der Waals surface area contributed by atoms with E-state index in [1.807, 2.05) is 0 Å². The van der Waals surface area contributed by atoms with Crippen molar-refractivity contribution in [2.24, 2.45) is 29.4 Å². The van der Waals surface area contributed by atoms with Crippen LogP contribution >= 0.6 is 0 Å². The highest BCUT2D eigenvalue weighted by Crippen LogP contribution is 2.51. The smallest absolute Gasteiger partial charge is 0.221 e. The van der Waals surface area contributed by atoms with E-state index < -0.39 is 0 Å². The van der Waals surface area contributed by atoms with Gasteiger partial charge in [-0.15, -0.1) is 0 Å². The number of fused-ring (bicyclic) bond motifs is 2.